The van der Waals surface area contributed by atoms with Gasteiger partial charge in [0.15, 0.2) is 16.6 Å². The molecular formula is C14H13N3O6S. The molecule has 0 fully saturated rings. The average molecular weight is 351 g/mol. The van der Waals surface area contributed by atoms with Gasteiger partial charge in [0.1, 0.15) is 6.61 Å². The minimum Gasteiger partial charge on any atom is -0.457 e. The smallest absolute Gasteiger partial charge is 0.337 e. The van der Waals surface area contributed by atoms with Gasteiger partial charge >= 0.3 is 5.97 Å². The van der Waals surface area contributed by atoms with Crippen LogP contribution in [0.4, 0.5) is 5.69 Å². The SMILES string of the molecule is CC1=C(C(=O)OCc2cc3c(cc2[N+](=O)[O-])OCO3)CNC(=S)N1. The summed E-state index contributed by atoms with van der Waals surface area (Å²) < 4.78 is 15.5. The van der Waals surface area contributed by atoms with E-state index in [4.69, 9.17) is 26.4 Å². The third-order valence-corrected chi connectivity index (χ3v) is 3.80. The number of thiocarbonyl (C=S) groups is 1. The number of esters is 1. The van der Waals surface area contributed by atoms with Crippen molar-refractivity contribution >= 4 is 29.0 Å². The molecule has 24 heavy (non-hydrogen) atoms. The van der Waals surface area contributed by atoms with Crippen LogP contribution < -0.4 is 20.1 Å². The number of rotatable bonds is 4. The van der Waals surface area contributed by atoms with E-state index in [1.54, 1.807) is 6.92 Å². The highest BCUT2D eigenvalue weighted by Crippen LogP contribution is 2.38. The number of carbonyl (C=O) groups excluding carboxylic acids is 1. The minimum absolute atomic E-state index is 0.000934. The topological polar surface area (TPSA) is 112 Å². The maximum Gasteiger partial charge on any atom is 0.337 e. The Bertz CT molecular complexity index is 776. The predicted octanol–water partition coefficient (Wildman–Crippen LogP) is 1.12. The number of hydrogen-bond donors (Lipinski definition) is 2. The first-order chi connectivity index (χ1) is 11.5. The monoisotopic (exact) mass is 351 g/mol. The quantitative estimate of drug-likeness (QED) is 0.356. The van der Waals surface area contributed by atoms with Crippen LogP contribution in [0.15, 0.2) is 23.4 Å². The highest BCUT2D eigenvalue weighted by Gasteiger charge is 2.25. The summed E-state index contributed by atoms with van der Waals surface area (Å²) in [5, 5.41) is 17.3. The molecule has 2 aliphatic heterocycles. The molecule has 0 unspecified atom stereocenters. The van der Waals surface area contributed by atoms with Gasteiger partial charge in [-0.25, -0.2) is 4.79 Å². The number of nitrogens with zero attached hydrogens (tertiary/aromatic N) is 1. The number of allylic oxidation sites excluding steroid dienone is 1. The molecule has 0 saturated carbocycles. The second-order valence-corrected chi connectivity index (χ2v) is 5.49. The number of fused-ring (bicyclic) bond motifs is 1. The molecular weight excluding hydrogens is 338 g/mol. The molecule has 0 atom stereocenters. The number of ether oxygens (including phenoxy) is 3. The Morgan fingerprint density at radius 2 is 2.12 bits per heavy atom. The number of nitro groups is 1. The summed E-state index contributed by atoms with van der Waals surface area (Å²) in [6, 6.07) is 2.71. The molecule has 2 aliphatic rings. The highest BCUT2D eigenvalue weighted by atomic mass is 32.1. The molecule has 0 radical (unpaired) electrons. The van der Waals surface area contributed by atoms with Crippen LogP contribution >= 0.6 is 12.2 Å². The fraction of sp³-hybridized carbons (Fsp3) is 0.286. The lowest BCUT2D eigenvalue weighted by Crippen LogP contribution is -2.42. The summed E-state index contributed by atoms with van der Waals surface area (Å²) in [6.45, 7) is 1.68. The number of carbonyl (C=O) groups is 1. The van der Waals surface area contributed by atoms with E-state index < -0.39 is 10.9 Å². The summed E-state index contributed by atoms with van der Waals surface area (Å²) in [6.07, 6.45) is 0. The first kappa shape index (κ1) is 16.0. The summed E-state index contributed by atoms with van der Waals surface area (Å²) in [5.74, 6) is 0.0971. The number of benzene rings is 1. The van der Waals surface area contributed by atoms with Crippen molar-refractivity contribution in [2.24, 2.45) is 0 Å². The zero-order valence-electron chi connectivity index (χ0n) is 12.6. The van der Waals surface area contributed by atoms with E-state index in [-0.39, 0.29) is 31.2 Å². The van der Waals surface area contributed by atoms with E-state index >= 15 is 0 Å². The van der Waals surface area contributed by atoms with Crippen molar-refractivity contribution < 1.29 is 23.9 Å². The normalized spacial score (nSPS) is 15.6. The molecule has 9 nitrogen and oxygen atoms in total. The molecule has 1 aromatic carbocycles. The Morgan fingerprint density at radius 1 is 1.42 bits per heavy atom. The Balaban J connectivity index is 1.77. The maximum atomic E-state index is 12.2. The van der Waals surface area contributed by atoms with Crippen LogP contribution in [0.2, 0.25) is 0 Å². The Hall–Kier alpha value is -2.88. The molecule has 2 heterocycles. The average Bonchev–Trinajstić information content (AvgIpc) is 2.98. The van der Waals surface area contributed by atoms with Crippen molar-refractivity contribution in [2.45, 2.75) is 13.5 Å². The lowest BCUT2D eigenvalue weighted by Gasteiger charge is -2.20. The fourth-order valence-corrected chi connectivity index (χ4v) is 2.53. The Labute approximate surface area is 141 Å². The van der Waals surface area contributed by atoms with E-state index in [1.807, 2.05) is 0 Å². The van der Waals surface area contributed by atoms with Crippen LogP contribution in [0, 0.1) is 10.1 Å². The standard InChI is InChI=1S/C14H13N3O6S/c1-7-9(4-15-14(24)16-7)13(18)21-5-8-2-11-12(23-6-22-11)3-10(8)17(19)20/h2-3H,4-6H2,1H3,(H2,15,16,24). The first-order valence-corrected chi connectivity index (χ1v) is 7.35. The van der Waals surface area contributed by atoms with Gasteiger partial charge in [0.05, 0.1) is 28.7 Å². The van der Waals surface area contributed by atoms with Crippen molar-refractivity contribution in [1.29, 1.82) is 0 Å². The van der Waals surface area contributed by atoms with Gasteiger partial charge in [-0.2, -0.15) is 0 Å². The van der Waals surface area contributed by atoms with E-state index in [2.05, 4.69) is 10.6 Å². The van der Waals surface area contributed by atoms with Crippen LogP contribution in [0.5, 0.6) is 11.5 Å². The number of nitro benzene ring substituents is 1. The van der Waals surface area contributed by atoms with Gasteiger partial charge in [-0.05, 0) is 25.2 Å². The molecule has 1 aromatic rings. The fourth-order valence-electron chi connectivity index (χ4n) is 2.31. The highest BCUT2D eigenvalue weighted by molar-refractivity contribution is 7.80. The molecule has 126 valence electrons. The van der Waals surface area contributed by atoms with E-state index in [9.17, 15) is 14.9 Å². The van der Waals surface area contributed by atoms with Gasteiger partial charge in [0.2, 0.25) is 6.79 Å². The molecule has 0 amide bonds. The van der Waals surface area contributed by atoms with Gasteiger partial charge in [0.25, 0.3) is 5.69 Å². The zero-order valence-corrected chi connectivity index (χ0v) is 13.4. The van der Waals surface area contributed by atoms with Crippen LogP contribution in [0.25, 0.3) is 0 Å². The molecule has 10 heteroatoms. The second kappa shape index (κ2) is 6.32. The Morgan fingerprint density at radius 3 is 2.79 bits per heavy atom. The second-order valence-electron chi connectivity index (χ2n) is 5.08. The molecule has 0 saturated heterocycles. The van der Waals surface area contributed by atoms with E-state index in [0.717, 1.165) is 0 Å². The van der Waals surface area contributed by atoms with Crippen molar-refractivity contribution in [3.05, 3.63) is 39.1 Å². The molecule has 0 aromatic heterocycles. The van der Waals surface area contributed by atoms with E-state index in [1.165, 1.54) is 12.1 Å². The van der Waals surface area contributed by atoms with Crippen LogP contribution in [0.3, 0.4) is 0 Å². The van der Waals surface area contributed by atoms with Crippen LogP contribution in [-0.2, 0) is 16.1 Å². The predicted molar refractivity (Wildman–Crippen MR) is 85.5 cm³/mol. The van der Waals surface area contributed by atoms with Crippen molar-refractivity contribution in [1.82, 2.24) is 10.6 Å². The maximum absolute atomic E-state index is 12.2. The lowest BCUT2D eigenvalue weighted by atomic mass is 10.1. The molecule has 2 N–H and O–H groups in total. The number of nitrogens with one attached hydrogen (secondary N) is 2. The van der Waals surface area contributed by atoms with E-state index in [0.29, 0.717) is 27.9 Å². The summed E-state index contributed by atoms with van der Waals surface area (Å²) in [5.41, 5.74) is 0.998. The Kier molecular flexibility index (Phi) is 4.21. The third-order valence-electron chi connectivity index (χ3n) is 3.56. The van der Waals surface area contributed by atoms with Crippen LogP contribution in [-0.4, -0.2) is 29.3 Å². The molecule has 3 rings (SSSR count). The zero-order chi connectivity index (χ0) is 17.3. The lowest BCUT2D eigenvalue weighted by molar-refractivity contribution is -0.385. The third kappa shape index (κ3) is 3.08. The molecule has 0 bridgehead atoms. The van der Waals surface area contributed by atoms with Crippen LogP contribution in [0.1, 0.15) is 12.5 Å². The van der Waals surface area contributed by atoms with Gasteiger partial charge in [-0.1, -0.05) is 0 Å². The van der Waals surface area contributed by atoms with Gasteiger partial charge in [-0.3, -0.25) is 10.1 Å². The van der Waals surface area contributed by atoms with Gasteiger partial charge in [-0.15, -0.1) is 0 Å². The summed E-state index contributed by atoms with van der Waals surface area (Å²) >= 11 is 4.95. The van der Waals surface area contributed by atoms with Crippen molar-refractivity contribution in [2.75, 3.05) is 13.3 Å². The summed E-state index contributed by atoms with van der Waals surface area (Å²) in [4.78, 5) is 22.8. The van der Waals surface area contributed by atoms with Crippen molar-refractivity contribution in [3.63, 3.8) is 0 Å². The number of hydrogen-bond acceptors (Lipinski definition) is 7. The van der Waals surface area contributed by atoms with Gasteiger partial charge in [0, 0.05) is 5.70 Å². The molecule has 0 spiro atoms. The molecule has 0 aliphatic carbocycles. The largest absolute Gasteiger partial charge is 0.457 e. The van der Waals surface area contributed by atoms with Crippen molar-refractivity contribution in [3.8, 4) is 11.5 Å². The minimum atomic E-state index is -0.582. The summed E-state index contributed by atoms with van der Waals surface area (Å²) in [7, 11) is 0. The first-order valence-electron chi connectivity index (χ1n) is 6.94. The van der Waals surface area contributed by atoms with Gasteiger partial charge < -0.3 is 24.8 Å².